The number of ether oxygens (including phenoxy) is 2. The van der Waals surface area contributed by atoms with Crippen LogP contribution in [0.5, 0.6) is 5.75 Å². The molecule has 0 spiro atoms. The second-order valence-electron chi connectivity index (χ2n) is 9.38. The molecule has 8 heteroatoms. The van der Waals surface area contributed by atoms with Crippen molar-refractivity contribution in [3.63, 3.8) is 0 Å². The van der Waals surface area contributed by atoms with Crippen LogP contribution >= 0.6 is 0 Å². The van der Waals surface area contributed by atoms with Gasteiger partial charge in [0.1, 0.15) is 23.4 Å². The van der Waals surface area contributed by atoms with Gasteiger partial charge in [-0.3, -0.25) is 9.59 Å². The topological polar surface area (TPSA) is 97.0 Å². The van der Waals surface area contributed by atoms with E-state index in [1.807, 2.05) is 38.1 Å². The second-order valence-corrected chi connectivity index (χ2v) is 9.38. The summed E-state index contributed by atoms with van der Waals surface area (Å²) in [5, 5.41) is 5.52. The molecule has 8 nitrogen and oxygen atoms in total. The zero-order chi connectivity index (χ0) is 26.2. The van der Waals surface area contributed by atoms with Gasteiger partial charge in [0, 0.05) is 12.2 Å². The van der Waals surface area contributed by atoms with Crippen LogP contribution in [0.1, 0.15) is 58.2 Å². The number of hydrogen-bond donors (Lipinski definition) is 2. The fourth-order valence-corrected chi connectivity index (χ4v) is 3.63. The molecule has 0 aliphatic rings. The van der Waals surface area contributed by atoms with Crippen LogP contribution in [0.2, 0.25) is 0 Å². The van der Waals surface area contributed by atoms with Crippen LogP contribution in [0.15, 0.2) is 48.5 Å². The fourth-order valence-electron chi connectivity index (χ4n) is 3.63. The number of carbonyl (C=O) groups excluding carboxylic acids is 3. The summed E-state index contributed by atoms with van der Waals surface area (Å²) in [6, 6.07) is 12.7. The van der Waals surface area contributed by atoms with Crippen LogP contribution < -0.4 is 15.4 Å². The zero-order valence-corrected chi connectivity index (χ0v) is 21.7. The number of nitrogens with one attached hydrogen (secondary N) is 2. The molecule has 0 saturated carbocycles. The third-order valence-electron chi connectivity index (χ3n) is 5.25. The first-order valence-electron chi connectivity index (χ1n) is 11.8. The molecule has 2 atom stereocenters. The molecule has 2 unspecified atom stereocenters. The predicted octanol–water partition coefficient (Wildman–Crippen LogP) is 4.84. The number of anilines is 1. The molecular formula is C27H37N3O5. The van der Waals surface area contributed by atoms with E-state index >= 15 is 0 Å². The number of nitrogens with zero attached hydrogens (tertiary/aromatic N) is 1. The Morgan fingerprint density at radius 2 is 1.66 bits per heavy atom. The minimum absolute atomic E-state index is 0.328. The molecule has 0 fully saturated rings. The van der Waals surface area contributed by atoms with Crippen molar-refractivity contribution in [3.8, 4) is 5.75 Å². The Morgan fingerprint density at radius 3 is 2.20 bits per heavy atom. The minimum Gasteiger partial charge on any atom is -0.497 e. The van der Waals surface area contributed by atoms with E-state index in [9.17, 15) is 14.4 Å². The highest BCUT2D eigenvalue weighted by molar-refractivity contribution is 5.99. The first-order valence-corrected chi connectivity index (χ1v) is 11.8. The van der Waals surface area contributed by atoms with Gasteiger partial charge < -0.3 is 25.0 Å². The Balaban J connectivity index is 2.38. The van der Waals surface area contributed by atoms with Gasteiger partial charge in [0.2, 0.25) is 5.91 Å². The van der Waals surface area contributed by atoms with Crippen LogP contribution in [0.25, 0.3) is 0 Å². The van der Waals surface area contributed by atoms with Gasteiger partial charge >= 0.3 is 6.09 Å². The van der Waals surface area contributed by atoms with Gasteiger partial charge in [0.25, 0.3) is 5.91 Å². The summed E-state index contributed by atoms with van der Waals surface area (Å²) in [6.45, 7) is 11.0. The zero-order valence-electron chi connectivity index (χ0n) is 21.7. The highest BCUT2D eigenvalue weighted by Crippen LogP contribution is 2.27. The number of rotatable bonds is 9. The summed E-state index contributed by atoms with van der Waals surface area (Å²) < 4.78 is 10.5. The van der Waals surface area contributed by atoms with E-state index in [1.165, 1.54) is 4.90 Å². The van der Waals surface area contributed by atoms with Crippen LogP contribution in [0, 0.1) is 6.92 Å². The van der Waals surface area contributed by atoms with Gasteiger partial charge in [-0.05, 0) is 76.4 Å². The summed E-state index contributed by atoms with van der Waals surface area (Å²) in [5.74, 6) is -0.0603. The number of benzene rings is 2. The van der Waals surface area contributed by atoms with E-state index in [4.69, 9.17) is 9.47 Å². The minimum atomic E-state index is -0.895. The lowest BCUT2D eigenvalue weighted by atomic mass is 9.98. The first kappa shape index (κ1) is 27.7. The van der Waals surface area contributed by atoms with Crippen LogP contribution in [0.3, 0.4) is 0 Å². The van der Waals surface area contributed by atoms with Crippen molar-refractivity contribution in [1.29, 1.82) is 0 Å². The summed E-state index contributed by atoms with van der Waals surface area (Å²) >= 11 is 0. The van der Waals surface area contributed by atoms with Gasteiger partial charge in [0.05, 0.1) is 7.11 Å². The molecule has 2 rings (SSSR count). The van der Waals surface area contributed by atoms with Crippen LogP contribution in [-0.2, 0) is 14.3 Å². The molecule has 2 aromatic carbocycles. The maximum absolute atomic E-state index is 13.6. The molecule has 0 aliphatic carbocycles. The van der Waals surface area contributed by atoms with Crippen LogP contribution in [-0.4, -0.2) is 48.1 Å². The SMILES string of the molecule is CCCN(C(=O)C(C)NC(=O)OC(C)(C)C)C(C(=O)Nc1ccc(OC)cc1)c1ccccc1C. The van der Waals surface area contributed by atoms with Gasteiger partial charge in [-0.2, -0.15) is 0 Å². The van der Waals surface area contributed by atoms with E-state index in [2.05, 4.69) is 10.6 Å². The second kappa shape index (κ2) is 12.2. The molecule has 35 heavy (non-hydrogen) atoms. The van der Waals surface area contributed by atoms with E-state index in [0.717, 1.165) is 5.56 Å². The van der Waals surface area contributed by atoms with Gasteiger partial charge in [-0.25, -0.2) is 4.79 Å². The Bertz CT molecular complexity index is 1010. The summed E-state index contributed by atoms with van der Waals surface area (Å²) in [4.78, 5) is 41.0. The molecular weight excluding hydrogens is 446 g/mol. The molecule has 0 heterocycles. The number of alkyl carbamates (subject to hydrolysis) is 1. The van der Waals surface area contributed by atoms with Crippen molar-refractivity contribution >= 4 is 23.6 Å². The normalized spacial score (nSPS) is 12.8. The molecule has 0 bridgehead atoms. The maximum Gasteiger partial charge on any atom is 0.408 e. The Hall–Kier alpha value is -3.55. The van der Waals surface area contributed by atoms with E-state index < -0.39 is 23.8 Å². The third-order valence-corrected chi connectivity index (χ3v) is 5.25. The molecule has 0 saturated heterocycles. The summed E-state index contributed by atoms with van der Waals surface area (Å²) in [7, 11) is 1.57. The molecule has 2 N–H and O–H groups in total. The van der Waals surface area contributed by atoms with Gasteiger partial charge in [-0.15, -0.1) is 0 Å². The molecule has 2 aromatic rings. The van der Waals surface area contributed by atoms with E-state index in [0.29, 0.717) is 30.0 Å². The third kappa shape index (κ3) is 8.02. The lowest BCUT2D eigenvalue weighted by Crippen LogP contribution is -2.51. The number of aryl methyl sites for hydroxylation is 1. The van der Waals surface area contributed by atoms with E-state index in [-0.39, 0.29) is 11.8 Å². The van der Waals surface area contributed by atoms with Crippen molar-refractivity contribution in [2.24, 2.45) is 0 Å². The first-order chi connectivity index (χ1) is 16.5. The van der Waals surface area contributed by atoms with Crippen LogP contribution in [0.4, 0.5) is 10.5 Å². The molecule has 0 aliphatic heterocycles. The number of amides is 3. The number of methoxy groups -OCH3 is 1. The molecule has 3 amide bonds. The van der Waals surface area contributed by atoms with Crippen molar-refractivity contribution < 1.29 is 23.9 Å². The van der Waals surface area contributed by atoms with Crippen molar-refractivity contribution in [1.82, 2.24) is 10.2 Å². The van der Waals surface area contributed by atoms with Crippen molar-refractivity contribution in [3.05, 3.63) is 59.7 Å². The Labute approximate surface area is 208 Å². The summed E-state index contributed by atoms with van der Waals surface area (Å²) in [5.41, 5.74) is 1.48. The standard InChI is InChI=1S/C27H37N3O5/c1-8-17-30(25(32)19(3)28-26(33)35-27(4,5)6)23(22-12-10-9-11-18(22)2)24(31)29-20-13-15-21(34-7)16-14-20/h9-16,19,23H,8,17H2,1-7H3,(H,28,33)(H,29,31). The lowest BCUT2D eigenvalue weighted by molar-refractivity contribution is -0.140. The monoisotopic (exact) mass is 483 g/mol. The number of hydrogen-bond acceptors (Lipinski definition) is 5. The van der Waals surface area contributed by atoms with Gasteiger partial charge in [-0.1, -0.05) is 31.2 Å². The largest absolute Gasteiger partial charge is 0.497 e. The molecule has 0 aromatic heterocycles. The fraction of sp³-hybridized carbons (Fsp3) is 0.444. The van der Waals surface area contributed by atoms with Gasteiger partial charge in [0.15, 0.2) is 0 Å². The Kier molecular flexibility index (Phi) is 9.68. The average molecular weight is 484 g/mol. The maximum atomic E-state index is 13.6. The summed E-state index contributed by atoms with van der Waals surface area (Å²) in [6.07, 6.45) is -0.0618. The lowest BCUT2D eigenvalue weighted by Gasteiger charge is -2.34. The molecule has 190 valence electrons. The van der Waals surface area contributed by atoms with Crippen molar-refractivity contribution in [2.45, 2.75) is 65.6 Å². The predicted molar refractivity (Wildman–Crippen MR) is 136 cm³/mol. The highest BCUT2D eigenvalue weighted by atomic mass is 16.6. The quantitative estimate of drug-likeness (QED) is 0.532. The smallest absolute Gasteiger partial charge is 0.408 e. The van der Waals surface area contributed by atoms with Crippen molar-refractivity contribution in [2.75, 3.05) is 19.0 Å². The van der Waals surface area contributed by atoms with E-state index in [1.54, 1.807) is 59.1 Å². The highest BCUT2D eigenvalue weighted by Gasteiger charge is 2.35. The molecule has 0 radical (unpaired) electrons. The average Bonchev–Trinajstić information content (AvgIpc) is 2.78. The Morgan fingerprint density at radius 1 is 1.03 bits per heavy atom. The number of carbonyl (C=O) groups is 3.